The molecular formula is C25H30FN7O4. The van der Waals surface area contributed by atoms with Gasteiger partial charge in [-0.2, -0.15) is 4.39 Å². The lowest BCUT2D eigenvalue weighted by molar-refractivity contribution is -0.0420. The second-order valence-corrected chi connectivity index (χ2v) is 10.0. The first-order chi connectivity index (χ1) is 17.5. The summed E-state index contributed by atoms with van der Waals surface area (Å²) in [5.74, 6) is -0.432. The molecule has 12 heteroatoms. The number of carbonyl (C=O) groups excluding carboxylic acids is 1. The third kappa shape index (κ3) is 6.20. The predicted octanol–water partition coefficient (Wildman–Crippen LogP) is 3.07. The Hall–Kier alpha value is -4.06. The molecule has 0 spiro atoms. The van der Waals surface area contributed by atoms with E-state index in [1.807, 2.05) is 0 Å². The number of aliphatic hydroxyl groups is 1. The number of nitrogens with one attached hydrogen (secondary N) is 2. The van der Waals surface area contributed by atoms with Crippen molar-refractivity contribution < 1.29 is 19.0 Å². The quantitative estimate of drug-likeness (QED) is 0.432. The molecule has 0 unspecified atom stereocenters. The van der Waals surface area contributed by atoms with Gasteiger partial charge in [0.15, 0.2) is 0 Å². The summed E-state index contributed by atoms with van der Waals surface area (Å²) in [4.78, 5) is 31.3. The van der Waals surface area contributed by atoms with Crippen molar-refractivity contribution in [1.29, 1.82) is 5.41 Å². The first-order valence-corrected chi connectivity index (χ1v) is 11.9. The van der Waals surface area contributed by atoms with E-state index in [9.17, 15) is 19.1 Å². The molecule has 37 heavy (non-hydrogen) atoms. The Labute approximate surface area is 213 Å². The lowest BCUT2D eigenvalue weighted by Gasteiger charge is -2.38. The summed E-state index contributed by atoms with van der Waals surface area (Å²) < 4.78 is 21.3. The number of likely N-dealkylation sites (tertiary alicyclic amines) is 1. The molecule has 1 amide bonds. The van der Waals surface area contributed by atoms with Gasteiger partial charge >= 0.3 is 6.09 Å². The molecule has 1 aliphatic rings. The van der Waals surface area contributed by atoms with E-state index < -0.39 is 28.8 Å². The number of ether oxygens (including phenoxy) is 1. The number of rotatable bonds is 6. The van der Waals surface area contributed by atoms with E-state index in [0.717, 1.165) is 6.21 Å². The summed E-state index contributed by atoms with van der Waals surface area (Å²) in [6.07, 6.45) is 3.81. The second kappa shape index (κ2) is 10.1. The molecule has 196 valence electrons. The Bertz CT molecular complexity index is 1350. The van der Waals surface area contributed by atoms with Crippen LogP contribution in [-0.2, 0) is 11.3 Å². The van der Waals surface area contributed by atoms with Crippen molar-refractivity contribution >= 4 is 23.8 Å². The number of benzene rings is 1. The number of piperidine rings is 1. The molecule has 3 N–H and O–H groups in total. The molecule has 1 aliphatic heterocycles. The van der Waals surface area contributed by atoms with E-state index in [1.54, 1.807) is 49.9 Å². The monoisotopic (exact) mass is 511 g/mol. The number of nitrogens with zero attached hydrogens (tertiary/aromatic N) is 5. The predicted molar refractivity (Wildman–Crippen MR) is 135 cm³/mol. The summed E-state index contributed by atoms with van der Waals surface area (Å²) in [6, 6.07) is 8.17. The van der Waals surface area contributed by atoms with Crippen LogP contribution in [0, 0.1) is 11.4 Å². The van der Waals surface area contributed by atoms with Crippen LogP contribution in [0.2, 0.25) is 0 Å². The van der Waals surface area contributed by atoms with Crippen molar-refractivity contribution in [2.24, 2.45) is 0 Å². The minimum atomic E-state index is -1.22. The summed E-state index contributed by atoms with van der Waals surface area (Å²) in [5.41, 5.74) is -1.13. The maximum atomic E-state index is 13.3. The average molecular weight is 512 g/mol. The highest BCUT2D eigenvalue weighted by atomic mass is 19.1. The fourth-order valence-electron chi connectivity index (χ4n) is 4.06. The molecule has 0 saturated carbocycles. The third-order valence-corrected chi connectivity index (χ3v) is 5.96. The Kier molecular flexibility index (Phi) is 7.12. The van der Waals surface area contributed by atoms with Gasteiger partial charge in [-0.1, -0.05) is 6.07 Å². The molecule has 11 nitrogen and oxygen atoms in total. The highest BCUT2D eigenvalue weighted by Gasteiger charge is 2.36. The van der Waals surface area contributed by atoms with E-state index in [1.165, 1.54) is 27.8 Å². The molecule has 1 fully saturated rings. The number of hydrogen-bond acceptors (Lipinski definition) is 8. The first-order valence-electron chi connectivity index (χ1n) is 11.9. The lowest BCUT2D eigenvalue weighted by Crippen LogP contribution is -2.50. The van der Waals surface area contributed by atoms with Crippen LogP contribution < -0.4 is 10.9 Å². The maximum absolute atomic E-state index is 13.3. The van der Waals surface area contributed by atoms with Gasteiger partial charge in [0.1, 0.15) is 17.0 Å². The maximum Gasteiger partial charge on any atom is 0.410 e. The summed E-state index contributed by atoms with van der Waals surface area (Å²) in [5, 5.41) is 25.7. The van der Waals surface area contributed by atoms with Gasteiger partial charge < -0.3 is 25.5 Å². The van der Waals surface area contributed by atoms with Gasteiger partial charge in [0.2, 0.25) is 5.95 Å². The minimum absolute atomic E-state index is 0.0211. The highest BCUT2D eigenvalue weighted by Crippen LogP contribution is 2.26. The zero-order valence-corrected chi connectivity index (χ0v) is 20.9. The van der Waals surface area contributed by atoms with Crippen LogP contribution in [0.25, 0.3) is 5.69 Å². The largest absolute Gasteiger partial charge is 0.444 e. The molecule has 0 bridgehead atoms. The van der Waals surface area contributed by atoms with Crippen LogP contribution in [0.3, 0.4) is 0 Å². The van der Waals surface area contributed by atoms with Crippen LogP contribution in [-0.4, -0.2) is 65.9 Å². The Morgan fingerprint density at radius 1 is 1.30 bits per heavy atom. The fourth-order valence-corrected chi connectivity index (χ4v) is 4.06. The topological polar surface area (TPSA) is 138 Å². The molecule has 3 heterocycles. The number of carbonyl (C=O) groups is 1. The summed E-state index contributed by atoms with van der Waals surface area (Å²) in [7, 11) is 0. The van der Waals surface area contributed by atoms with Crippen LogP contribution in [0.4, 0.5) is 20.7 Å². The lowest BCUT2D eigenvalue weighted by atomic mass is 9.91. The second-order valence-electron chi connectivity index (χ2n) is 10.0. The van der Waals surface area contributed by atoms with Crippen molar-refractivity contribution in [2.45, 2.75) is 51.4 Å². The summed E-state index contributed by atoms with van der Waals surface area (Å²) in [6.45, 7) is 5.94. The van der Waals surface area contributed by atoms with Gasteiger partial charge in [-0.25, -0.2) is 14.5 Å². The van der Waals surface area contributed by atoms with Crippen LogP contribution in [0.15, 0.2) is 47.7 Å². The van der Waals surface area contributed by atoms with E-state index in [-0.39, 0.29) is 30.8 Å². The van der Waals surface area contributed by atoms with Gasteiger partial charge in [0.25, 0.3) is 5.56 Å². The van der Waals surface area contributed by atoms with Gasteiger partial charge in [-0.15, -0.1) is 5.10 Å². The number of hydrogen-bond donors (Lipinski definition) is 3. The number of anilines is 2. The molecule has 2 aromatic heterocycles. The zero-order valence-electron chi connectivity index (χ0n) is 20.9. The van der Waals surface area contributed by atoms with Gasteiger partial charge in [0.05, 0.1) is 24.2 Å². The molecule has 3 aromatic rings. The fraction of sp³-hybridized carbons (Fsp3) is 0.400. The standard InChI is InChI=1S/C25H30FN7O4/c1-24(2,3)37-23(35)31-11-8-25(36,9-12-31)15-32-16-28-21(19(14-27)22(32)34)29-17-5-4-6-18(13-17)33-10-7-20(26)30-33/h4-7,10,13-14,16,27,29,36H,8-9,11-12,15H2,1-3H3. The Morgan fingerprint density at radius 3 is 2.65 bits per heavy atom. The first kappa shape index (κ1) is 26.0. The van der Waals surface area contributed by atoms with E-state index in [2.05, 4.69) is 15.4 Å². The van der Waals surface area contributed by atoms with Crippen LogP contribution in [0.1, 0.15) is 39.2 Å². The number of amides is 1. The van der Waals surface area contributed by atoms with Crippen molar-refractivity contribution in [2.75, 3.05) is 18.4 Å². The highest BCUT2D eigenvalue weighted by molar-refractivity contribution is 5.85. The third-order valence-electron chi connectivity index (χ3n) is 5.96. The van der Waals surface area contributed by atoms with Crippen molar-refractivity contribution in [3.05, 3.63) is 64.7 Å². The summed E-state index contributed by atoms with van der Waals surface area (Å²) >= 11 is 0. The molecule has 1 saturated heterocycles. The molecule has 0 radical (unpaired) electrons. The van der Waals surface area contributed by atoms with Gasteiger partial charge in [-0.05, 0) is 51.8 Å². The number of halogens is 1. The molecule has 0 atom stereocenters. The van der Waals surface area contributed by atoms with E-state index in [0.29, 0.717) is 24.5 Å². The van der Waals surface area contributed by atoms with Gasteiger partial charge in [-0.3, -0.25) is 9.36 Å². The Morgan fingerprint density at radius 2 is 2.03 bits per heavy atom. The minimum Gasteiger partial charge on any atom is -0.444 e. The van der Waals surface area contributed by atoms with E-state index in [4.69, 9.17) is 10.1 Å². The molecule has 1 aromatic carbocycles. The smallest absolute Gasteiger partial charge is 0.410 e. The number of aromatic nitrogens is 4. The van der Waals surface area contributed by atoms with Crippen LogP contribution in [0.5, 0.6) is 0 Å². The molecule has 0 aliphatic carbocycles. The van der Waals surface area contributed by atoms with Crippen molar-refractivity contribution in [3.63, 3.8) is 0 Å². The van der Waals surface area contributed by atoms with Crippen molar-refractivity contribution in [1.82, 2.24) is 24.2 Å². The normalized spacial score (nSPS) is 15.3. The van der Waals surface area contributed by atoms with Crippen molar-refractivity contribution in [3.8, 4) is 5.69 Å². The molecular weight excluding hydrogens is 481 g/mol. The van der Waals surface area contributed by atoms with Crippen LogP contribution >= 0.6 is 0 Å². The Balaban J connectivity index is 1.47. The van der Waals surface area contributed by atoms with E-state index >= 15 is 0 Å². The van der Waals surface area contributed by atoms with Gasteiger partial charge in [0, 0.05) is 37.3 Å². The zero-order chi connectivity index (χ0) is 26.8. The average Bonchev–Trinajstić information content (AvgIpc) is 3.27. The SMILES string of the molecule is CC(C)(C)OC(=O)N1CCC(O)(Cn2cnc(Nc3cccc(-n4ccc(F)n4)c3)c(C=N)c2=O)CC1. The molecule has 4 rings (SSSR count).